The van der Waals surface area contributed by atoms with E-state index in [0.717, 1.165) is 48.6 Å². The normalized spacial score (nSPS) is 30.8. The number of aliphatic hydroxyl groups excluding tert-OH is 1. The zero-order valence-corrected chi connectivity index (χ0v) is 12.1. The number of halogens is 1. The average molecular weight is 312 g/mol. The molecule has 0 aromatic carbocycles. The van der Waals surface area contributed by atoms with Crippen LogP contribution in [0, 0.1) is 11.8 Å². The van der Waals surface area contributed by atoms with Crippen LogP contribution in [0.2, 0.25) is 0 Å². The first-order valence-corrected chi connectivity index (χ1v) is 7.43. The molecule has 18 heavy (non-hydrogen) atoms. The summed E-state index contributed by atoms with van der Waals surface area (Å²) in [5.41, 5.74) is 0. The summed E-state index contributed by atoms with van der Waals surface area (Å²) < 4.78 is 0.849. The molecule has 2 heterocycles. The van der Waals surface area contributed by atoms with Gasteiger partial charge in [-0.3, -0.25) is 0 Å². The predicted molar refractivity (Wildman–Crippen MR) is 73.5 cm³/mol. The molecule has 98 valence electrons. The number of nitrogens with zero attached hydrogens (tertiary/aromatic N) is 3. The van der Waals surface area contributed by atoms with E-state index >= 15 is 0 Å². The molecular formula is C13H18BrN3O. The maximum atomic E-state index is 9.95. The molecule has 1 aliphatic carbocycles. The Morgan fingerprint density at radius 2 is 2.22 bits per heavy atom. The zero-order chi connectivity index (χ0) is 12.7. The van der Waals surface area contributed by atoms with Crippen LogP contribution < -0.4 is 4.90 Å². The van der Waals surface area contributed by atoms with Crippen molar-refractivity contribution < 1.29 is 5.11 Å². The first-order valence-electron chi connectivity index (χ1n) is 6.64. The number of aliphatic hydroxyl groups is 1. The van der Waals surface area contributed by atoms with Crippen molar-refractivity contribution in [3.8, 4) is 0 Å². The van der Waals surface area contributed by atoms with Crippen molar-refractivity contribution in [2.75, 3.05) is 18.0 Å². The fourth-order valence-corrected chi connectivity index (χ4v) is 3.60. The van der Waals surface area contributed by atoms with Gasteiger partial charge in [-0.25, -0.2) is 9.97 Å². The molecule has 1 aromatic heterocycles. The van der Waals surface area contributed by atoms with E-state index in [-0.39, 0.29) is 6.10 Å². The summed E-state index contributed by atoms with van der Waals surface area (Å²) in [6.45, 7) is 4.01. The van der Waals surface area contributed by atoms with Crippen molar-refractivity contribution in [1.29, 1.82) is 0 Å². The smallest absolute Gasteiger partial charge is 0.133 e. The third-order valence-corrected chi connectivity index (χ3v) is 4.59. The molecule has 1 saturated heterocycles. The van der Waals surface area contributed by atoms with Crippen LogP contribution in [-0.4, -0.2) is 34.3 Å². The number of aryl methyl sites for hydroxylation is 1. The van der Waals surface area contributed by atoms with Gasteiger partial charge < -0.3 is 10.0 Å². The Balaban J connectivity index is 1.82. The first-order chi connectivity index (χ1) is 8.67. The summed E-state index contributed by atoms with van der Waals surface area (Å²) >= 11 is 3.45. The van der Waals surface area contributed by atoms with Crippen LogP contribution in [0.4, 0.5) is 5.82 Å². The number of rotatable bonds is 2. The van der Waals surface area contributed by atoms with Crippen LogP contribution in [0.5, 0.6) is 0 Å². The predicted octanol–water partition coefficient (Wildman–Crippen LogP) is 2.01. The molecule has 0 spiro atoms. The summed E-state index contributed by atoms with van der Waals surface area (Å²) in [6.07, 6.45) is 2.85. The molecule has 3 rings (SSSR count). The Morgan fingerprint density at radius 3 is 2.94 bits per heavy atom. The van der Waals surface area contributed by atoms with Gasteiger partial charge in [-0.1, -0.05) is 6.92 Å². The fraction of sp³-hybridized carbons (Fsp3) is 0.692. The summed E-state index contributed by atoms with van der Waals surface area (Å²) in [6, 6.07) is 1.98. The van der Waals surface area contributed by atoms with E-state index in [1.54, 1.807) is 0 Å². The highest BCUT2D eigenvalue weighted by atomic mass is 79.9. The Kier molecular flexibility index (Phi) is 3.28. The molecule has 0 bridgehead atoms. The van der Waals surface area contributed by atoms with Gasteiger partial charge in [0.05, 0.1) is 6.10 Å². The Bertz CT molecular complexity index is 454. The van der Waals surface area contributed by atoms with Crippen LogP contribution in [-0.2, 0) is 6.42 Å². The second kappa shape index (κ2) is 4.78. The van der Waals surface area contributed by atoms with Crippen LogP contribution >= 0.6 is 15.9 Å². The number of fused-ring (bicyclic) bond motifs is 1. The Labute approximate surface area is 116 Å². The summed E-state index contributed by atoms with van der Waals surface area (Å²) in [7, 11) is 0. The lowest BCUT2D eigenvalue weighted by Crippen LogP contribution is -2.25. The number of hydrogen-bond acceptors (Lipinski definition) is 4. The Hall–Kier alpha value is -0.680. The molecule has 2 aliphatic rings. The van der Waals surface area contributed by atoms with E-state index in [1.807, 2.05) is 6.07 Å². The molecule has 3 unspecified atom stereocenters. The monoisotopic (exact) mass is 311 g/mol. The summed E-state index contributed by atoms with van der Waals surface area (Å²) in [4.78, 5) is 11.2. The van der Waals surface area contributed by atoms with Gasteiger partial charge in [0.15, 0.2) is 0 Å². The molecule has 0 radical (unpaired) electrons. The quantitative estimate of drug-likeness (QED) is 0.849. The van der Waals surface area contributed by atoms with E-state index in [0.29, 0.717) is 11.8 Å². The fourth-order valence-electron chi connectivity index (χ4n) is 3.20. The topological polar surface area (TPSA) is 49.2 Å². The van der Waals surface area contributed by atoms with Crippen molar-refractivity contribution in [2.24, 2.45) is 11.8 Å². The lowest BCUT2D eigenvalue weighted by Gasteiger charge is -2.20. The maximum absolute atomic E-state index is 9.95. The van der Waals surface area contributed by atoms with Crippen molar-refractivity contribution in [2.45, 2.75) is 32.3 Å². The van der Waals surface area contributed by atoms with Crippen molar-refractivity contribution in [1.82, 2.24) is 9.97 Å². The van der Waals surface area contributed by atoms with E-state index in [2.05, 4.69) is 37.7 Å². The van der Waals surface area contributed by atoms with Gasteiger partial charge in [0.1, 0.15) is 16.2 Å². The second-order valence-corrected chi connectivity index (χ2v) is 6.10. The molecule has 3 atom stereocenters. The minimum Gasteiger partial charge on any atom is -0.393 e. The molecule has 1 saturated carbocycles. The number of aromatic nitrogens is 2. The largest absolute Gasteiger partial charge is 0.393 e. The average Bonchev–Trinajstić information content (AvgIpc) is 2.91. The van der Waals surface area contributed by atoms with E-state index < -0.39 is 0 Å². The van der Waals surface area contributed by atoms with Crippen molar-refractivity contribution in [3.63, 3.8) is 0 Å². The van der Waals surface area contributed by atoms with Gasteiger partial charge in [-0.15, -0.1) is 0 Å². The SMILES string of the molecule is CCc1nc(Br)cc(N2CC3CCC(O)C3C2)n1. The van der Waals surface area contributed by atoms with Crippen molar-refractivity contribution in [3.05, 3.63) is 16.5 Å². The zero-order valence-electron chi connectivity index (χ0n) is 10.5. The van der Waals surface area contributed by atoms with Crippen LogP contribution in [0.1, 0.15) is 25.6 Å². The molecule has 5 heteroatoms. The van der Waals surface area contributed by atoms with Gasteiger partial charge in [0.2, 0.25) is 0 Å². The van der Waals surface area contributed by atoms with Gasteiger partial charge in [0, 0.05) is 31.5 Å². The summed E-state index contributed by atoms with van der Waals surface area (Å²) in [5, 5.41) is 9.95. The minimum atomic E-state index is -0.115. The minimum absolute atomic E-state index is 0.115. The van der Waals surface area contributed by atoms with Crippen LogP contribution in [0.15, 0.2) is 10.7 Å². The Morgan fingerprint density at radius 1 is 1.39 bits per heavy atom. The lowest BCUT2D eigenvalue weighted by atomic mass is 10.00. The summed E-state index contributed by atoms with van der Waals surface area (Å²) in [5.74, 6) is 2.94. The molecule has 2 fully saturated rings. The highest BCUT2D eigenvalue weighted by Crippen LogP contribution is 2.39. The van der Waals surface area contributed by atoms with E-state index in [1.165, 1.54) is 0 Å². The molecule has 1 N–H and O–H groups in total. The second-order valence-electron chi connectivity index (χ2n) is 5.29. The molecule has 1 aromatic rings. The molecule has 1 aliphatic heterocycles. The number of anilines is 1. The van der Waals surface area contributed by atoms with E-state index in [4.69, 9.17) is 0 Å². The lowest BCUT2D eigenvalue weighted by molar-refractivity contribution is 0.133. The van der Waals surface area contributed by atoms with Gasteiger partial charge >= 0.3 is 0 Å². The maximum Gasteiger partial charge on any atom is 0.133 e. The van der Waals surface area contributed by atoms with Crippen molar-refractivity contribution >= 4 is 21.7 Å². The third-order valence-electron chi connectivity index (χ3n) is 4.19. The van der Waals surface area contributed by atoms with Gasteiger partial charge in [0.25, 0.3) is 0 Å². The van der Waals surface area contributed by atoms with E-state index in [9.17, 15) is 5.11 Å². The van der Waals surface area contributed by atoms with Gasteiger partial charge in [-0.05, 0) is 34.7 Å². The van der Waals surface area contributed by atoms with Gasteiger partial charge in [-0.2, -0.15) is 0 Å². The molecule has 4 nitrogen and oxygen atoms in total. The number of hydrogen-bond donors (Lipinski definition) is 1. The van der Waals surface area contributed by atoms with Crippen LogP contribution in [0.25, 0.3) is 0 Å². The highest BCUT2D eigenvalue weighted by Gasteiger charge is 2.42. The molecule has 0 amide bonds. The standard InChI is InChI=1S/C13H18BrN3O/c1-2-12-15-11(14)5-13(16-12)17-6-8-3-4-10(18)9(8)7-17/h5,8-10,18H,2-4,6-7H2,1H3. The highest BCUT2D eigenvalue weighted by molar-refractivity contribution is 9.10. The molecular weight excluding hydrogens is 294 g/mol. The first kappa shape index (κ1) is 12.4. The third kappa shape index (κ3) is 2.14. The van der Waals surface area contributed by atoms with Crippen LogP contribution in [0.3, 0.4) is 0 Å².